The minimum absolute atomic E-state index is 0.0493. The zero-order chi connectivity index (χ0) is 17.8. The van der Waals surface area contributed by atoms with E-state index in [0.29, 0.717) is 24.3 Å². The summed E-state index contributed by atoms with van der Waals surface area (Å²) in [4.78, 5) is 27.3. The zero-order valence-electron chi connectivity index (χ0n) is 12.4. The van der Waals surface area contributed by atoms with E-state index in [4.69, 9.17) is 0 Å². The van der Waals surface area contributed by atoms with E-state index < -0.39 is 30.2 Å². The van der Waals surface area contributed by atoms with Crippen LogP contribution in [0.4, 0.5) is 13.2 Å². The number of thioether (sulfide) groups is 1. The van der Waals surface area contributed by atoms with Crippen LogP contribution in [0.25, 0.3) is 0 Å². The van der Waals surface area contributed by atoms with Crippen LogP contribution in [-0.2, 0) is 4.79 Å². The van der Waals surface area contributed by atoms with Gasteiger partial charge in [-0.15, -0.1) is 0 Å². The van der Waals surface area contributed by atoms with Crippen molar-refractivity contribution in [1.29, 1.82) is 0 Å². The number of carbonyl (C=O) groups excluding carboxylic acids is 1. The lowest BCUT2D eigenvalue weighted by Gasteiger charge is -2.33. The lowest BCUT2D eigenvalue weighted by molar-refractivity contribution is -0.154. The molecule has 2 rings (SSSR count). The molecule has 1 aliphatic heterocycles. The van der Waals surface area contributed by atoms with Gasteiger partial charge in [0.25, 0.3) is 5.91 Å². The molecule has 0 saturated carbocycles. The number of ether oxygens (including phenoxy) is 1. The number of halogens is 3. The number of aliphatic carboxylic acids is 1. The molecule has 0 unspecified atom stereocenters. The van der Waals surface area contributed by atoms with E-state index in [0.717, 1.165) is 12.3 Å². The van der Waals surface area contributed by atoms with Gasteiger partial charge in [0.05, 0.1) is 5.56 Å². The zero-order valence-corrected chi connectivity index (χ0v) is 13.2. The Hall–Kier alpha value is -1.97. The second-order valence-corrected chi connectivity index (χ2v) is 6.47. The summed E-state index contributed by atoms with van der Waals surface area (Å²) in [6, 6.07) is 2.37. The highest BCUT2D eigenvalue weighted by molar-refractivity contribution is 7.99. The Morgan fingerprint density at radius 1 is 1.33 bits per heavy atom. The normalized spacial score (nSPS) is 17.1. The van der Waals surface area contributed by atoms with Crippen molar-refractivity contribution >= 4 is 23.6 Å². The summed E-state index contributed by atoms with van der Waals surface area (Å²) in [5, 5.41) is 11.9. The number of nitrogens with zero attached hydrogens (tertiary/aromatic N) is 1. The summed E-state index contributed by atoms with van der Waals surface area (Å²) >= 11 is 1.61. The molecule has 2 N–H and O–H groups in total. The van der Waals surface area contributed by atoms with Gasteiger partial charge in [0, 0.05) is 12.3 Å². The Morgan fingerprint density at radius 3 is 2.50 bits per heavy atom. The number of alkyl halides is 3. The number of rotatable bonds is 5. The number of aromatic nitrogens is 1. The summed E-state index contributed by atoms with van der Waals surface area (Å²) < 4.78 is 40.6. The molecule has 0 aliphatic carbocycles. The summed E-state index contributed by atoms with van der Waals surface area (Å²) in [6.07, 6.45) is -2.82. The topological polar surface area (TPSA) is 88.5 Å². The first-order chi connectivity index (χ1) is 11.2. The molecule has 0 radical (unpaired) electrons. The van der Waals surface area contributed by atoms with Gasteiger partial charge in [-0.1, -0.05) is 0 Å². The Morgan fingerprint density at radius 2 is 2.00 bits per heavy atom. The first-order valence-electron chi connectivity index (χ1n) is 7.01. The van der Waals surface area contributed by atoms with Gasteiger partial charge in [0.15, 0.2) is 6.61 Å². The Balaban J connectivity index is 2.02. The van der Waals surface area contributed by atoms with E-state index in [1.165, 1.54) is 6.07 Å². The first kappa shape index (κ1) is 18.4. The van der Waals surface area contributed by atoms with Crippen molar-refractivity contribution in [3.05, 3.63) is 23.9 Å². The molecule has 1 fully saturated rings. The van der Waals surface area contributed by atoms with E-state index in [1.54, 1.807) is 11.8 Å². The monoisotopic (exact) mass is 364 g/mol. The Bertz CT molecular complexity index is 601. The number of nitrogens with one attached hydrogen (secondary N) is 1. The molecule has 1 amide bonds. The number of hydrogen-bond donors (Lipinski definition) is 2. The minimum atomic E-state index is -4.48. The fourth-order valence-electron chi connectivity index (χ4n) is 2.16. The van der Waals surface area contributed by atoms with E-state index in [1.807, 2.05) is 0 Å². The predicted molar refractivity (Wildman–Crippen MR) is 80.2 cm³/mol. The van der Waals surface area contributed by atoms with Crippen LogP contribution in [-0.4, -0.2) is 51.8 Å². The van der Waals surface area contributed by atoms with E-state index in [-0.39, 0.29) is 11.4 Å². The molecular weight excluding hydrogens is 349 g/mol. The number of hydrogen-bond acceptors (Lipinski definition) is 5. The number of carboxylic acids is 1. The van der Waals surface area contributed by atoms with Crippen LogP contribution in [0.2, 0.25) is 0 Å². The van der Waals surface area contributed by atoms with Crippen LogP contribution >= 0.6 is 11.8 Å². The van der Waals surface area contributed by atoms with Gasteiger partial charge < -0.3 is 15.2 Å². The lowest BCUT2D eigenvalue weighted by Crippen LogP contribution is -2.56. The van der Waals surface area contributed by atoms with Crippen LogP contribution in [0.1, 0.15) is 23.2 Å². The molecule has 2 heterocycles. The maximum atomic E-state index is 12.2. The third-order valence-electron chi connectivity index (χ3n) is 3.49. The van der Waals surface area contributed by atoms with Crippen molar-refractivity contribution in [3.63, 3.8) is 0 Å². The number of carboxylic acid groups (broad SMARTS) is 1. The Kier molecular flexibility index (Phi) is 5.58. The fraction of sp³-hybridized carbons (Fsp3) is 0.500. The average molecular weight is 364 g/mol. The van der Waals surface area contributed by atoms with Gasteiger partial charge in [0.1, 0.15) is 5.54 Å². The fourth-order valence-corrected chi connectivity index (χ4v) is 3.35. The molecule has 1 saturated heterocycles. The van der Waals surface area contributed by atoms with E-state index >= 15 is 0 Å². The van der Waals surface area contributed by atoms with Crippen LogP contribution in [0.15, 0.2) is 18.3 Å². The third kappa shape index (κ3) is 4.76. The molecule has 0 bridgehead atoms. The molecule has 132 valence electrons. The second-order valence-electron chi connectivity index (χ2n) is 5.24. The van der Waals surface area contributed by atoms with Gasteiger partial charge in [-0.25, -0.2) is 9.78 Å². The summed E-state index contributed by atoms with van der Waals surface area (Å²) in [7, 11) is 0. The summed E-state index contributed by atoms with van der Waals surface area (Å²) in [6.45, 7) is -1.48. The van der Waals surface area contributed by atoms with Crippen LogP contribution in [0.3, 0.4) is 0 Å². The maximum absolute atomic E-state index is 12.2. The molecule has 24 heavy (non-hydrogen) atoms. The van der Waals surface area contributed by atoms with Crippen molar-refractivity contribution in [2.45, 2.75) is 24.6 Å². The van der Waals surface area contributed by atoms with Gasteiger partial charge in [0.2, 0.25) is 5.88 Å². The van der Waals surface area contributed by atoms with Crippen molar-refractivity contribution in [2.24, 2.45) is 0 Å². The van der Waals surface area contributed by atoms with Gasteiger partial charge in [-0.2, -0.15) is 24.9 Å². The van der Waals surface area contributed by atoms with Crippen molar-refractivity contribution < 1.29 is 32.6 Å². The van der Waals surface area contributed by atoms with E-state index in [2.05, 4.69) is 15.0 Å². The minimum Gasteiger partial charge on any atom is -0.480 e. The number of pyridine rings is 1. The lowest BCUT2D eigenvalue weighted by atomic mass is 9.92. The SMILES string of the molecule is O=C(NC1(C(=O)O)CCSCC1)c1ccc(OCC(F)(F)F)nc1. The average Bonchev–Trinajstić information content (AvgIpc) is 2.53. The molecular formula is C14H15F3N2O4S. The van der Waals surface area contributed by atoms with Crippen LogP contribution in [0.5, 0.6) is 5.88 Å². The van der Waals surface area contributed by atoms with Gasteiger partial charge in [-0.3, -0.25) is 4.79 Å². The van der Waals surface area contributed by atoms with Crippen LogP contribution in [0, 0.1) is 0 Å². The second kappa shape index (κ2) is 7.29. The van der Waals surface area contributed by atoms with Crippen molar-refractivity contribution in [2.75, 3.05) is 18.1 Å². The highest BCUT2D eigenvalue weighted by atomic mass is 32.2. The number of amides is 1. The largest absolute Gasteiger partial charge is 0.480 e. The van der Waals surface area contributed by atoms with Crippen molar-refractivity contribution in [3.8, 4) is 5.88 Å². The molecule has 6 nitrogen and oxygen atoms in total. The van der Waals surface area contributed by atoms with E-state index in [9.17, 15) is 27.9 Å². The highest BCUT2D eigenvalue weighted by Crippen LogP contribution is 2.28. The molecule has 0 atom stereocenters. The standard InChI is InChI=1S/C14H15F3N2O4S/c15-14(16,17)8-23-10-2-1-9(7-18-10)11(20)19-13(12(21)22)3-5-24-6-4-13/h1-2,7H,3-6,8H2,(H,19,20)(H,21,22). The predicted octanol–water partition coefficient (Wildman–Crippen LogP) is 2.10. The highest BCUT2D eigenvalue weighted by Gasteiger charge is 2.41. The molecule has 0 spiro atoms. The molecule has 1 aromatic heterocycles. The molecule has 1 aromatic rings. The Labute approximate surface area is 139 Å². The van der Waals surface area contributed by atoms with Crippen LogP contribution < -0.4 is 10.1 Å². The smallest absolute Gasteiger partial charge is 0.422 e. The first-order valence-corrected chi connectivity index (χ1v) is 8.17. The van der Waals surface area contributed by atoms with Gasteiger partial charge >= 0.3 is 12.1 Å². The summed E-state index contributed by atoms with van der Waals surface area (Å²) in [5.41, 5.74) is -1.28. The quantitative estimate of drug-likeness (QED) is 0.832. The maximum Gasteiger partial charge on any atom is 0.422 e. The van der Waals surface area contributed by atoms with Crippen molar-refractivity contribution in [1.82, 2.24) is 10.3 Å². The third-order valence-corrected chi connectivity index (χ3v) is 4.48. The number of carbonyl (C=O) groups is 2. The molecule has 10 heteroatoms. The summed E-state index contributed by atoms with van der Waals surface area (Å²) in [5.74, 6) is -0.774. The molecule has 0 aromatic carbocycles. The molecule has 1 aliphatic rings. The van der Waals surface area contributed by atoms with Gasteiger partial charge in [-0.05, 0) is 30.4 Å².